The van der Waals surface area contributed by atoms with Crippen molar-refractivity contribution < 1.29 is 4.79 Å². The van der Waals surface area contributed by atoms with Crippen molar-refractivity contribution in [3.05, 3.63) is 42.7 Å². The molecule has 0 bridgehead atoms. The second-order valence-corrected chi connectivity index (χ2v) is 7.02. The highest BCUT2D eigenvalue weighted by Crippen LogP contribution is 2.38. The van der Waals surface area contributed by atoms with Crippen LogP contribution in [0.25, 0.3) is 0 Å². The van der Waals surface area contributed by atoms with E-state index in [1.54, 1.807) is 6.08 Å². The molecule has 1 heteroatoms. The molecule has 0 amide bonds. The summed E-state index contributed by atoms with van der Waals surface area (Å²) in [6.07, 6.45) is 14.2. The minimum absolute atomic E-state index is 0.0207. The average Bonchev–Trinajstić information content (AvgIpc) is 2.67. The first kappa shape index (κ1) is 23.7. The molecule has 1 aliphatic carbocycles. The maximum Gasteiger partial charge on any atom is 0.158 e. The molecule has 1 rings (SSSR count). The summed E-state index contributed by atoms with van der Waals surface area (Å²) in [7, 11) is 0. The number of allylic oxidation sites excluding steroid dienone is 4. The van der Waals surface area contributed by atoms with Gasteiger partial charge in [-0.25, -0.2) is 0 Å². The molecule has 0 saturated heterocycles. The van der Waals surface area contributed by atoms with Crippen LogP contribution in [0.15, 0.2) is 42.7 Å². The number of rotatable bonds is 9. The molecule has 3 atom stereocenters. The maximum atomic E-state index is 12.6. The Kier molecular flexibility index (Phi) is 13.2. The summed E-state index contributed by atoms with van der Waals surface area (Å²) < 4.78 is 0. The van der Waals surface area contributed by atoms with Crippen LogP contribution in [0.2, 0.25) is 0 Å². The number of hydrogen-bond acceptors (Lipinski definition) is 1. The van der Waals surface area contributed by atoms with Gasteiger partial charge in [0.2, 0.25) is 0 Å². The molecule has 0 radical (unpaired) electrons. The Labute approximate surface area is 157 Å². The number of carbonyl (C=O) groups excluding carboxylic acids is 1. The van der Waals surface area contributed by atoms with E-state index in [1.165, 1.54) is 32.1 Å². The van der Waals surface area contributed by atoms with E-state index in [2.05, 4.69) is 39.7 Å². The summed E-state index contributed by atoms with van der Waals surface area (Å²) in [5, 5.41) is 0. The van der Waals surface area contributed by atoms with Crippen LogP contribution in [0, 0.1) is 23.7 Å². The fourth-order valence-corrected chi connectivity index (χ4v) is 3.87. The van der Waals surface area contributed by atoms with Crippen molar-refractivity contribution in [3.8, 4) is 0 Å². The van der Waals surface area contributed by atoms with Crippen molar-refractivity contribution in [1.29, 1.82) is 0 Å². The van der Waals surface area contributed by atoms with Crippen LogP contribution in [0.5, 0.6) is 0 Å². The third-order valence-corrected chi connectivity index (χ3v) is 5.50. The minimum Gasteiger partial charge on any atom is -0.295 e. The van der Waals surface area contributed by atoms with E-state index in [1.807, 2.05) is 26.0 Å². The van der Waals surface area contributed by atoms with Gasteiger partial charge in [0.05, 0.1) is 0 Å². The molecule has 0 heterocycles. The predicted molar refractivity (Wildman–Crippen MR) is 112 cm³/mol. The summed E-state index contributed by atoms with van der Waals surface area (Å²) in [4.78, 5) is 12.6. The topological polar surface area (TPSA) is 17.1 Å². The molecule has 0 aromatic carbocycles. The molecule has 25 heavy (non-hydrogen) atoms. The third kappa shape index (κ3) is 8.06. The first-order valence-corrected chi connectivity index (χ1v) is 10.2. The molecular weight excluding hydrogens is 304 g/mol. The molecule has 0 N–H and O–H groups in total. The van der Waals surface area contributed by atoms with Gasteiger partial charge in [-0.2, -0.15) is 0 Å². The summed E-state index contributed by atoms with van der Waals surface area (Å²) >= 11 is 0. The van der Waals surface area contributed by atoms with Crippen LogP contribution >= 0.6 is 0 Å². The molecule has 0 aromatic heterocycles. The molecule has 0 aromatic rings. The Morgan fingerprint density at radius 2 is 1.84 bits per heavy atom. The third-order valence-electron chi connectivity index (χ3n) is 5.50. The average molecular weight is 345 g/mol. The Balaban J connectivity index is 0.00000277. The van der Waals surface area contributed by atoms with Gasteiger partial charge < -0.3 is 0 Å². The summed E-state index contributed by atoms with van der Waals surface area (Å²) in [5.41, 5.74) is 4.22. The van der Waals surface area contributed by atoms with Crippen molar-refractivity contribution in [2.75, 3.05) is 0 Å². The second-order valence-electron chi connectivity index (χ2n) is 7.02. The summed E-state index contributed by atoms with van der Waals surface area (Å²) in [6.45, 7) is 18.0. The Hall–Kier alpha value is -1.33. The molecule has 1 fully saturated rings. The molecule has 0 aliphatic heterocycles. The largest absolute Gasteiger partial charge is 0.295 e. The van der Waals surface area contributed by atoms with Crippen LogP contribution in [0.3, 0.4) is 0 Å². The minimum atomic E-state index is 0.0207. The van der Waals surface area contributed by atoms with Crippen LogP contribution in [0.1, 0.15) is 79.6 Å². The van der Waals surface area contributed by atoms with Gasteiger partial charge in [-0.05, 0) is 62.0 Å². The van der Waals surface area contributed by atoms with Gasteiger partial charge in [-0.1, -0.05) is 65.7 Å². The lowest BCUT2D eigenvalue weighted by atomic mass is 9.70. The molecule has 1 saturated carbocycles. The van der Waals surface area contributed by atoms with Gasteiger partial charge in [-0.15, -0.1) is 12.3 Å². The fourth-order valence-electron chi connectivity index (χ4n) is 3.87. The standard InChI is InChI=1S/C22H34O.C2H6/c1-6-17(4)22(20-14-10-9-11-15-20)18(5)21(23)16-12-13-19(7-2)8-3;1-2/h7,12,16,18-20,22H,1-2,8-11,13-15H2,3-5H3;1-2H3/b16-12-;/t18?,19?,22-;/m0./s1. The number of carbonyl (C=O) groups is 1. The molecule has 0 spiro atoms. The summed E-state index contributed by atoms with van der Waals surface area (Å²) in [6, 6.07) is 0. The molecule has 1 nitrogen and oxygen atoms in total. The molecule has 142 valence electrons. The monoisotopic (exact) mass is 344 g/mol. The number of ketones is 1. The Morgan fingerprint density at radius 3 is 2.32 bits per heavy atom. The molecular formula is C24H40O. The van der Waals surface area contributed by atoms with E-state index in [-0.39, 0.29) is 11.7 Å². The lowest BCUT2D eigenvalue weighted by Gasteiger charge is -2.33. The van der Waals surface area contributed by atoms with Gasteiger partial charge in [0.1, 0.15) is 0 Å². The lowest BCUT2D eigenvalue weighted by Crippen LogP contribution is -2.29. The molecule has 2 unspecified atom stereocenters. The van der Waals surface area contributed by atoms with E-state index < -0.39 is 0 Å². The van der Waals surface area contributed by atoms with E-state index in [4.69, 9.17) is 0 Å². The normalized spacial score (nSPS) is 18.4. The maximum absolute atomic E-state index is 12.6. The highest BCUT2D eigenvalue weighted by atomic mass is 16.1. The Morgan fingerprint density at radius 1 is 1.24 bits per heavy atom. The highest BCUT2D eigenvalue weighted by molar-refractivity contribution is 5.91. The lowest BCUT2D eigenvalue weighted by molar-refractivity contribution is -0.119. The zero-order valence-corrected chi connectivity index (χ0v) is 17.3. The zero-order chi connectivity index (χ0) is 19.2. The smallest absolute Gasteiger partial charge is 0.158 e. The number of hydrogen-bond donors (Lipinski definition) is 0. The van der Waals surface area contributed by atoms with Crippen molar-refractivity contribution in [3.63, 3.8) is 0 Å². The van der Waals surface area contributed by atoms with E-state index in [9.17, 15) is 4.79 Å². The van der Waals surface area contributed by atoms with Crippen molar-refractivity contribution >= 4 is 5.78 Å². The van der Waals surface area contributed by atoms with Crippen molar-refractivity contribution in [1.82, 2.24) is 0 Å². The van der Waals surface area contributed by atoms with E-state index in [0.29, 0.717) is 17.8 Å². The quantitative estimate of drug-likeness (QED) is 0.243. The van der Waals surface area contributed by atoms with E-state index in [0.717, 1.165) is 18.4 Å². The SMILES string of the molecule is C=C=C(C)[C@H](C1CCCCC1)C(C)C(=O)/C=C\CC(C=C)CC.CC. The van der Waals surface area contributed by atoms with Crippen molar-refractivity contribution in [2.45, 2.75) is 79.6 Å². The van der Waals surface area contributed by atoms with Crippen LogP contribution in [-0.2, 0) is 4.79 Å². The van der Waals surface area contributed by atoms with Crippen molar-refractivity contribution in [2.24, 2.45) is 23.7 Å². The summed E-state index contributed by atoms with van der Waals surface area (Å²) in [5.74, 6) is 1.65. The first-order valence-electron chi connectivity index (χ1n) is 10.2. The van der Waals surface area contributed by atoms with Crippen LogP contribution in [-0.4, -0.2) is 5.78 Å². The highest BCUT2D eigenvalue weighted by Gasteiger charge is 2.32. The molecule has 1 aliphatic rings. The van der Waals surface area contributed by atoms with Gasteiger partial charge in [0.15, 0.2) is 5.78 Å². The van der Waals surface area contributed by atoms with Gasteiger partial charge in [0.25, 0.3) is 0 Å². The van der Waals surface area contributed by atoms with Gasteiger partial charge in [-0.3, -0.25) is 4.79 Å². The van der Waals surface area contributed by atoms with Gasteiger partial charge >= 0.3 is 0 Å². The van der Waals surface area contributed by atoms with Crippen LogP contribution < -0.4 is 0 Å². The fraction of sp³-hybridized carbons (Fsp3) is 0.667. The second kappa shape index (κ2) is 13.9. The first-order chi connectivity index (χ1) is 12.0. The predicted octanol–water partition coefficient (Wildman–Crippen LogP) is 7.30. The zero-order valence-electron chi connectivity index (χ0n) is 17.3. The van der Waals surface area contributed by atoms with Crippen LogP contribution in [0.4, 0.5) is 0 Å². The van der Waals surface area contributed by atoms with E-state index >= 15 is 0 Å². The van der Waals surface area contributed by atoms with Gasteiger partial charge in [0, 0.05) is 5.92 Å². The Bertz CT molecular complexity index is 458.